The van der Waals surface area contributed by atoms with Gasteiger partial charge in [-0.1, -0.05) is 39.2 Å². The number of hydrogen-bond donors (Lipinski definition) is 1. The van der Waals surface area contributed by atoms with Crippen molar-refractivity contribution in [2.24, 2.45) is 0 Å². The van der Waals surface area contributed by atoms with Gasteiger partial charge in [-0.3, -0.25) is 4.79 Å². The minimum atomic E-state index is -0.0510. The molecule has 0 unspecified atom stereocenters. The van der Waals surface area contributed by atoms with Gasteiger partial charge in [0.05, 0.1) is 0 Å². The Labute approximate surface area is 73.7 Å². The van der Waals surface area contributed by atoms with Crippen LogP contribution < -0.4 is 5.32 Å². The lowest BCUT2D eigenvalue weighted by Gasteiger charge is -1.88. The van der Waals surface area contributed by atoms with E-state index in [1.54, 1.807) is 12.2 Å². The Balaban J connectivity index is 0.000000561. The Hall–Kier alpha value is -1.31. The van der Waals surface area contributed by atoms with Gasteiger partial charge in [0.25, 0.3) is 5.91 Å². The fourth-order valence-corrected chi connectivity index (χ4v) is 0.918. The summed E-state index contributed by atoms with van der Waals surface area (Å²) < 4.78 is 0. The molecule has 2 heteroatoms. The number of amides is 1. The molecular weight excluding hydrogens is 150 g/mol. The molecule has 0 saturated carbocycles. The van der Waals surface area contributed by atoms with Crippen molar-refractivity contribution < 1.29 is 4.79 Å². The van der Waals surface area contributed by atoms with E-state index in [1.165, 1.54) is 0 Å². The second-order valence-corrected chi connectivity index (χ2v) is 2.03. The highest BCUT2D eigenvalue weighted by atomic mass is 16.1. The van der Waals surface area contributed by atoms with Crippen molar-refractivity contribution >= 4 is 5.91 Å². The van der Waals surface area contributed by atoms with Gasteiger partial charge < -0.3 is 5.32 Å². The van der Waals surface area contributed by atoms with E-state index in [1.807, 2.05) is 13.8 Å². The molecule has 1 aliphatic rings. The molecule has 0 radical (unpaired) electrons. The second kappa shape index (κ2) is 5.35. The van der Waals surface area contributed by atoms with Crippen molar-refractivity contribution in [3.05, 3.63) is 36.5 Å². The molecule has 1 N–H and O–H groups in total. The van der Waals surface area contributed by atoms with Crippen LogP contribution in [0.1, 0.15) is 13.8 Å². The van der Waals surface area contributed by atoms with E-state index in [9.17, 15) is 4.79 Å². The number of rotatable bonds is 2. The Bertz CT molecular complexity index is 226. The molecule has 0 aromatic carbocycles. The molecule has 1 heterocycles. The summed E-state index contributed by atoms with van der Waals surface area (Å²) in [6.07, 6.45) is 3.23. The molecular formula is C10H15NO. The van der Waals surface area contributed by atoms with E-state index in [4.69, 9.17) is 0 Å². The summed E-state index contributed by atoms with van der Waals surface area (Å²) in [7, 11) is 0. The van der Waals surface area contributed by atoms with Gasteiger partial charge in [0.15, 0.2) is 0 Å². The first-order valence-corrected chi connectivity index (χ1v) is 4.06. The summed E-state index contributed by atoms with van der Waals surface area (Å²) in [5.74, 6) is -0.0510. The monoisotopic (exact) mass is 165 g/mol. The predicted octanol–water partition coefficient (Wildman–Crippen LogP) is 1.81. The van der Waals surface area contributed by atoms with E-state index in [0.717, 1.165) is 5.57 Å². The van der Waals surface area contributed by atoms with Crippen molar-refractivity contribution in [1.82, 2.24) is 5.32 Å². The van der Waals surface area contributed by atoms with Gasteiger partial charge in [-0.2, -0.15) is 0 Å². The number of hydrogen-bond acceptors (Lipinski definition) is 1. The van der Waals surface area contributed by atoms with Crippen LogP contribution in [0.25, 0.3) is 0 Å². The van der Waals surface area contributed by atoms with Gasteiger partial charge in [-0.15, -0.1) is 0 Å². The van der Waals surface area contributed by atoms with Gasteiger partial charge in [0.1, 0.15) is 0 Å². The van der Waals surface area contributed by atoms with Crippen LogP contribution >= 0.6 is 0 Å². The summed E-state index contributed by atoms with van der Waals surface area (Å²) in [5, 5.41) is 2.67. The van der Waals surface area contributed by atoms with Crippen LogP contribution in [0.15, 0.2) is 36.5 Å². The van der Waals surface area contributed by atoms with Crippen molar-refractivity contribution in [2.75, 3.05) is 6.54 Å². The molecule has 0 aromatic heterocycles. The first-order valence-electron chi connectivity index (χ1n) is 4.06. The maximum Gasteiger partial charge on any atom is 0.251 e. The zero-order valence-electron chi connectivity index (χ0n) is 7.68. The van der Waals surface area contributed by atoms with Crippen molar-refractivity contribution in [1.29, 1.82) is 0 Å². The van der Waals surface area contributed by atoms with Crippen LogP contribution in [0.3, 0.4) is 0 Å². The maximum atomic E-state index is 10.9. The normalized spacial score (nSPS) is 14.7. The first kappa shape index (κ1) is 10.7. The SMILES string of the molecule is C=CC1=C(C=C)C(=O)NC1.CC. The molecule has 12 heavy (non-hydrogen) atoms. The standard InChI is InChI=1S/C8H9NO.C2H6/c1-3-6-5-9-8(10)7(6)4-2;1-2/h3-4H,1-2,5H2,(H,9,10);1-2H3. The molecule has 0 saturated heterocycles. The first-order chi connectivity index (χ1) is 5.79. The Morgan fingerprint density at radius 1 is 1.33 bits per heavy atom. The van der Waals surface area contributed by atoms with E-state index < -0.39 is 0 Å². The van der Waals surface area contributed by atoms with E-state index in [-0.39, 0.29) is 5.91 Å². The third kappa shape index (κ3) is 2.09. The van der Waals surface area contributed by atoms with Gasteiger partial charge in [-0.05, 0) is 5.57 Å². The van der Waals surface area contributed by atoms with Crippen LogP contribution in [0.5, 0.6) is 0 Å². The summed E-state index contributed by atoms with van der Waals surface area (Å²) in [4.78, 5) is 10.9. The van der Waals surface area contributed by atoms with Gasteiger partial charge in [-0.25, -0.2) is 0 Å². The molecule has 0 bridgehead atoms. The lowest BCUT2D eigenvalue weighted by Crippen LogP contribution is -2.16. The van der Waals surface area contributed by atoms with E-state index in [2.05, 4.69) is 18.5 Å². The zero-order chi connectivity index (χ0) is 9.56. The minimum Gasteiger partial charge on any atom is -0.348 e. The van der Waals surface area contributed by atoms with Crippen LogP contribution in [0.2, 0.25) is 0 Å². The van der Waals surface area contributed by atoms with Crippen LogP contribution in [0, 0.1) is 0 Å². The Morgan fingerprint density at radius 2 is 1.92 bits per heavy atom. The highest BCUT2D eigenvalue weighted by Crippen LogP contribution is 2.11. The average molecular weight is 165 g/mol. The Morgan fingerprint density at radius 3 is 2.25 bits per heavy atom. The Kier molecular flexibility index (Phi) is 4.77. The van der Waals surface area contributed by atoms with Crippen molar-refractivity contribution in [2.45, 2.75) is 13.8 Å². The molecule has 1 rings (SSSR count). The highest BCUT2D eigenvalue weighted by molar-refractivity contribution is 6.00. The van der Waals surface area contributed by atoms with Gasteiger partial charge in [0.2, 0.25) is 0 Å². The van der Waals surface area contributed by atoms with Gasteiger partial charge in [0, 0.05) is 12.1 Å². The molecule has 1 amide bonds. The zero-order valence-corrected chi connectivity index (χ0v) is 7.68. The van der Waals surface area contributed by atoms with Gasteiger partial charge >= 0.3 is 0 Å². The maximum absolute atomic E-state index is 10.9. The summed E-state index contributed by atoms with van der Waals surface area (Å²) in [6, 6.07) is 0. The highest BCUT2D eigenvalue weighted by Gasteiger charge is 2.16. The van der Waals surface area contributed by atoms with Crippen LogP contribution in [-0.4, -0.2) is 12.5 Å². The molecule has 2 nitrogen and oxygen atoms in total. The number of nitrogens with one attached hydrogen (secondary N) is 1. The van der Waals surface area contributed by atoms with Crippen LogP contribution in [-0.2, 0) is 4.79 Å². The molecule has 0 aliphatic carbocycles. The summed E-state index contributed by atoms with van der Waals surface area (Å²) in [5.41, 5.74) is 1.58. The largest absolute Gasteiger partial charge is 0.348 e. The topological polar surface area (TPSA) is 29.1 Å². The minimum absolute atomic E-state index is 0.0510. The van der Waals surface area contributed by atoms with Crippen LogP contribution in [0.4, 0.5) is 0 Å². The van der Waals surface area contributed by atoms with Crippen molar-refractivity contribution in [3.63, 3.8) is 0 Å². The number of carbonyl (C=O) groups is 1. The third-order valence-electron chi connectivity index (χ3n) is 1.48. The lowest BCUT2D eigenvalue weighted by atomic mass is 10.1. The molecule has 0 fully saturated rings. The summed E-state index contributed by atoms with van der Waals surface area (Å²) >= 11 is 0. The average Bonchev–Trinajstić information content (AvgIpc) is 2.49. The number of carbonyl (C=O) groups excluding carboxylic acids is 1. The molecule has 1 aliphatic heterocycles. The quantitative estimate of drug-likeness (QED) is 0.664. The predicted molar refractivity (Wildman–Crippen MR) is 51.8 cm³/mol. The summed E-state index contributed by atoms with van der Waals surface area (Å²) in [6.45, 7) is 11.7. The third-order valence-corrected chi connectivity index (χ3v) is 1.48. The van der Waals surface area contributed by atoms with Crippen molar-refractivity contribution in [3.8, 4) is 0 Å². The fraction of sp³-hybridized carbons (Fsp3) is 0.300. The second-order valence-electron chi connectivity index (χ2n) is 2.03. The fourth-order valence-electron chi connectivity index (χ4n) is 0.918. The smallest absolute Gasteiger partial charge is 0.251 e. The van der Waals surface area contributed by atoms with E-state index >= 15 is 0 Å². The van der Waals surface area contributed by atoms with E-state index in [0.29, 0.717) is 12.1 Å². The lowest BCUT2D eigenvalue weighted by molar-refractivity contribution is -0.116. The molecule has 66 valence electrons. The molecule has 0 atom stereocenters. The molecule has 0 spiro atoms. The molecule has 0 aromatic rings.